The van der Waals surface area contributed by atoms with Gasteiger partial charge in [0.1, 0.15) is 5.75 Å². The van der Waals surface area contributed by atoms with E-state index in [0.29, 0.717) is 29.9 Å². The molecule has 6 nitrogen and oxygen atoms in total. The molecule has 5 atom stereocenters. The summed E-state index contributed by atoms with van der Waals surface area (Å²) in [6, 6.07) is 12.0. The standard InChI is InChI=1S/C25H30N2O4S.2Ac/c1-15-3-6-17(7-4-15)32(30,31)27-26-23-14-20-19(18-8-5-16(28)13-21(18)23)11-12-25(2)22(20)9-10-24(25)29;;/h3-8,13,19-20,22,24,27-29H,9-12,14H2,1-2H3;;/b26-23+;;/t19?,20?,22?,24-,25-;;/m0../s1. The van der Waals surface area contributed by atoms with Crippen molar-refractivity contribution < 1.29 is 107 Å². The minimum absolute atomic E-state index is 0. The number of benzene rings is 2. The zero-order chi connectivity index (χ0) is 22.7. The van der Waals surface area contributed by atoms with Crippen LogP contribution >= 0.6 is 0 Å². The minimum Gasteiger partial charge on any atom is -0.508 e. The number of phenolic OH excluding ortho intramolecular Hbond substituents is 1. The predicted molar refractivity (Wildman–Crippen MR) is 123 cm³/mol. The summed E-state index contributed by atoms with van der Waals surface area (Å²) in [6.45, 7) is 4.11. The van der Waals surface area contributed by atoms with Gasteiger partial charge >= 0.3 is 0 Å². The van der Waals surface area contributed by atoms with Gasteiger partial charge in [-0.1, -0.05) is 30.7 Å². The summed E-state index contributed by atoms with van der Waals surface area (Å²) >= 11 is 0. The summed E-state index contributed by atoms with van der Waals surface area (Å²) in [4.78, 5) is 2.60. The van der Waals surface area contributed by atoms with Gasteiger partial charge in [0.25, 0.3) is 10.0 Å². The SMILES string of the molecule is Cc1ccc(S(=O)(=O)N/N=C2\CC3C(CC[C@@]4(C)C3CC[C@@H]4O)c3ccc(O)cc32)cc1.[Ac].[Ac]. The quantitative estimate of drug-likeness (QED) is 0.406. The molecule has 2 saturated carbocycles. The summed E-state index contributed by atoms with van der Waals surface area (Å²) < 4.78 is 25.6. The number of hydrazone groups is 1. The van der Waals surface area contributed by atoms with Crippen molar-refractivity contribution in [2.45, 2.75) is 62.9 Å². The van der Waals surface area contributed by atoms with Crippen LogP contribution in [0.2, 0.25) is 0 Å². The molecular formula is C25H30Ac2N2O4S. The molecule has 2 aromatic carbocycles. The Labute approximate surface area is 273 Å². The molecule has 0 aliphatic heterocycles. The van der Waals surface area contributed by atoms with E-state index in [2.05, 4.69) is 16.9 Å². The first kappa shape index (κ1) is 29.1. The molecule has 0 heterocycles. The Bertz CT molecular complexity index is 1190. The van der Waals surface area contributed by atoms with Gasteiger partial charge in [-0.25, -0.2) is 0 Å². The molecule has 3 aliphatic carbocycles. The molecule has 0 aromatic heterocycles. The number of rotatable bonds is 3. The first-order chi connectivity index (χ1) is 15.2. The number of aromatic hydroxyl groups is 1. The van der Waals surface area contributed by atoms with E-state index in [1.165, 1.54) is 0 Å². The van der Waals surface area contributed by atoms with E-state index in [9.17, 15) is 18.6 Å². The van der Waals surface area contributed by atoms with Gasteiger partial charge in [0, 0.05) is 93.7 Å². The average Bonchev–Trinajstić information content (AvgIpc) is 3.07. The Morgan fingerprint density at radius 1 is 1.06 bits per heavy atom. The maximum Gasteiger partial charge on any atom is 0.276 e. The van der Waals surface area contributed by atoms with E-state index in [1.54, 1.807) is 36.4 Å². The topological polar surface area (TPSA) is 99.0 Å². The number of nitrogens with zero attached hydrogens (tertiary/aromatic N) is 1. The van der Waals surface area contributed by atoms with Crippen LogP contribution in [0.4, 0.5) is 0 Å². The Morgan fingerprint density at radius 2 is 1.76 bits per heavy atom. The van der Waals surface area contributed by atoms with Crippen LogP contribution in [0.15, 0.2) is 52.5 Å². The first-order valence-electron chi connectivity index (χ1n) is 11.4. The molecule has 2 fully saturated rings. The third-order valence-electron chi connectivity index (χ3n) is 8.20. The summed E-state index contributed by atoms with van der Waals surface area (Å²) in [7, 11) is -3.80. The maximum atomic E-state index is 12.8. The van der Waals surface area contributed by atoms with Gasteiger partial charge in [-0.05, 0) is 92.0 Å². The van der Waals surface area contributed by atoms with Crippen molar-refractivity contribution in [1.29, 1.82) is 0 Å². The van der Waals surface area contributed by atoms with Crippen LogP contribution in [0, 0.1) is 112 Å². The number of hydrogen-bond donors (Lipinski definition) is 3. The van der Waals surface area contributed by atoms with Crippen LogP contribution in [0.1, 0.15) is 61.6 Å². The number of sulfonamides is 1. The first-order valence-corrected chi connectivity index (χ1v) is 12.8. The molecule has 0 spiro atoms. The van der Waals surface area contributed by atoms with Crippen LogP contribution < -0.4 is 4.83 Å². The van der Waals surface area contributed by atoms with Crippen molar-refractivity contribution in [2.24, 2.45) is 22.4 Å². The smallest absolute Gasteiger partial charge is 0.276 e. The van der Waals surface area contributed by atoms with Gasteiger partial charge in [0.15, 0.2) is 0 Å². The molecular weight excluding hydrogens is 878 g/mol. The molecule has 2 radical (unpaired) electrons. The predicted octanol–water partition coefficient (Wildman–Crippen LogP) is 4.06. The Balaban J connectivity index is 0.00000162. The van der Waals surface area contributed by atoms with Crippen molar-refractivity contribution in [3.8, 4) is 5.75 Å². The maximum absolute atomic E-state index is 12.8. The number of aliphatic hydroxyl groups is 1. The third-order valence-corrected chi connectivity index (χ3v) is 9.42. The van der Waals surface area contributed by atoms with Crippen molar-refractivity contribution in [3.05, 3.63) is 59.2 Å². The van der Waals surface area contributed by atoms with E-state index in [1.807, 2.05) is 13.0 Å². The second-order valence-corrected chi connectivity index (χ2v) is 11.6. The fourth-order valence-corrected chi connectivity index (χ4v) is 7.20. The number of phenols is 1. The number of fused-ring (bicyclic) bond motifs is 5. The van der Waals surface area contributed by atoms with Crippen LogP contribution in [0.5, 0.6) is 5.75 Å². The Hall–Kier alpha value is 0.503. The van der Waals surface area contributed by atoms with Gasteiger partial charge in [0.05, 0.1) is 16.7 Å². The molecule has 0 saturated heterocycles. The van der Waals surface area contributed by atoms with E-state index in [-0.39, 0.29) is 110 Å². The number of aryl methyl sites for hydroxylation is 1. The number of nitrogens with one attached hydrogen (secondary N) is 1. The minimum atomic E-state index is -3.80. The Kier molecular flexibility index (Phi) is 9.48. The van der Waals surface area contributed by atoms with Gasteiger partial charge in [-0.2, -0.15) is 18.4 Å². The van der Waals surface area contributed by atoms with Crippen molar-refractivity contribution in [3.63, 3.8) is 0 Å². The normalized spacial score (nSPS) is 30.9. The molecule has 3 N–H and O–H groups in total. The Morgan fingerprint density at radius 3 is 2.47 bits per heavy atom. The van der Waals surface area contributed by atoms with Crippen LogP contribution in [-0.4, -0.2) is 30.4 Å². The molecule has 0 bridgehead atoms. The summed E-state index contributed by atoms with van der Waals surface area (Å²) in [5, 5.41) is 25.2. The van der Waals surface area contributed by atoms with Gasteiger partial charge in [0.2, 0.25) is 0 Å². The zero-order valence-electron chi connectivity index (χ0n) is 19.6. The summed E-state index contributed by atoms with van der Waals surface area (Å²) in [6.07, 6.45) is 4.11. The second-order valence-electron chi connectivity index (χ2n) is 9.96. The number of aliphatic hydroxyl groups excluding tert-OH is 1. The molecule has 0 amide bonds. The molecule has 3 unspecified atom stereocenters. The van der Waals surface area contributed by atoms with Crippen molar-refractivity contribution >= 4 is 15.7 Å². The molecule has 176 valence electrons. The molecule has 34 heavy (non-hydrogen) atoms. The van der Waals surface area contributed by atoms with E-state index < -0.39 is 10.0 Å². The van der Waals surface area contributed by atoms with Gasteiger partial charge < -0.3 is 10.2 Å². The zero-order valence-corrected chi connectivity index (χ0v) is 29.9. The fourth-order valence-electron chi connectivity index (χ4n) is 6.37. The van der Waals surface area contributed by atoms with Crippen molar-refractivity contribution in [1.82, 2.24) is 4.83 Å². The monoisotopic (exact) mass is 908 g/mol. The van der Waals surface area contributed by atoms with E-state index in [4.69, 9.17) is 0 Å². The van der Waals surface area contributed by atoms with Crippen LogP contribution in [0.25, 0.3) is 0 Å². The molecule has 3 aliphatic rings. The molecule has 2 aromatic rings. The number of hydrogen-bond acceptors (Lipinski definition) is 5. The van der Waals surface area contributed by atoms with Gasteiger partial charge in [-0.15, -0.1) is 0 Å². The second kappa shape index (κ2) is 11.1. The summed E-state index contributed by atoms with van der Waals surface area (Å²) in [5.41, 5.74) is 3.48. The van der Waals surface area contributed by atoms with E-state index >= 15 is 0 Å². The van der Waals surface area contributed by atoms with Gasteiger partial charge in [-0.3, -0.25) is 0 Å². The van der Waals surface area contributed by atoms with Crippen molar-refractivity contribution in [2.75, 3.05) is 0 Å². The van der Waals surface area contributed by atoms with E-state index in [0.717, 1.165) is 42.4 Å². The van der Waals surface area contributed by atoms with Crippen LogP contribution in [-0.2, 0) is 10.0 Å². The summed E-state index contributed by atoms with van der Waals surface area (Å²) in [5.74, 6) is 1.15. The molecule has 5 rings (SSSR count). The fraction of sp³-hybridized carbons (Fsp3) is 0.480. The average molecular weight is 909 g/mol. The largest absolute Gasteiger partial charge is 0.508 e. The third kappa shape index (κ3) is 5.23. The molecule has 9 heteroatoms. The van der Waals surface area contributed by atoms with Crippen LogP contribution in [0.3, 0.4) is 0 Å².